The van der Waals surface area contributed by atoms with Crippen molar-refractivity contribution in [3.8, 4) is 0 Å². The van der Waals surface area contributed by atoms with Gasteiger partial charge in [0, 0.05) is 25.6 Å². The highest BCUT2D eigenvalue weighted by molar-refractivity contribution is 6.74. The van der Waals surface area contributed by atoms with E-state index < -0.39 is 8.32 Å². The van der Waals surface area contributed by atoms with Gasteiger partial charge in [0.1, 0.15) is 5.78 Å². The van der Waals surface area contributed by atoms with Gasteiger partial charge in [-0.1, -0.05) is 51.1 Å². The van der Waals surface area contributed by atoms with E-state index in [-0.39, 0.29) is 17.2 Å². The summed E-state index contributed by atoms with van der Waals surface area (Å²) < 4.78 is 12.4. The third-order valence-electron chi connectivity index (χ3n) is 5.58. The first-order valence-electron chi connectivity index (χ1n) is 9.52. The molecule has 1 aliphatic rings. The topological polar surface area (TPSA) is 35.5 Å². The molecule has 4 heteroatoms. The molecule has 0 spiro atoms. The lowest BCUT2D eigenvalue weighted by Gasteiger charge is -2.41. The van der Waals surface area contributed by atoms with Gasteiger partial charge in [0.15, 0.2) is 8.32 Å². The summed E-state index contributed by atoms with van der Waals surface area (Å²) in [6.07, 6.45) is 3.98. The van der Waals surface area contributed by atoms with Crippen LogP contribution >= 0.6 is 0 Å². The van der Waals surface area contributed by atoms with Crippen molar-refractivity contribution < 1.29 is 14.0 Å². The van der Waals surface area contributed by atoms with Crippen molar-refractivity contribution in [2.75, 3.05) is 6.61 Å². The molecule has 0 unspecified atom stereocenters. The molecule has 1 fully saturated rings. The summed E-state index contributed by atoms with van der Waals surface area (Å²) in [5.41, 5.74) is 1.22. The smallest absolute Gasteiger partial charge is 0.192 e. The maximum absolute atomic E-state index is 12.3. The van der Waals surface area contributed by atoms with Crippen LogP contribution in [0, 0.1) is 0 Å². The van der Waals surface area contributed by atoms with Crippen LogP contribution in [0.3, 0.4) is 0 Å². The second kappa shape index (κ2) is 8.61. The molecule has 0 aliphatic carbocycles. The first-order valence-corrected chi connectivity index (χ1v) is 12.4. The zero-order valence-corrected chi connectivity index (χ0v) is 17.5. The van der Waals surface area contributed by atoms with Gasteiger partial charge >= 0.3 is 0 Å². The minimum Gasteiger partial charge on any atom is -0.414 e. The molecule has 1 aromatic rings. The maximum atomic E-state index is 12.3. The highest BCUT2D eigenvalue weighted by Gasteiger charge is 2.40. The van der Waals surface area contributed by atoms with Crippen molar-refractivity contribution in [3.05, 3.63) is 35.9 Å². The van der Waals surface area contributed by atoms with E-state index in [0.29, 0.717) is 25.2 Å². The van der Waals surface area contributed by atoms with Gasteiger partial charge in [-0.15, -0.1) is 0 Å². The Labute approximate surface area is 154 Å². The summed E-state index contributed by atoms with van der Waals surface area (Å²) >= 11 is 0. The van der Waals surface area contributed by atoms with Crippen LogP contribution < -0.4 is 0 Å². The molecule has 25 heavy (non-hydrogen) atoms. The molecule has 2 atom stereocenters. The van der Waals surface area contributed by atoms with Gasteiger partial charge in [0.25, 0.3) is 0 Å². The summed E-state index contributed by atoms with van der Waals surface area (Å²) in [7, 11) is -1.76. The zero-order valence-electron chi connectivity index (χ0n) is 16.5. The molecular formula is C21H34O3Si. The van der Waals surface area contributed by atoms with E-state index >= 15 is 0 Å². The van der Waals surface area contributed by atoms with Crippen molar-refractivity contribution in [1.29, 1.82) is 0 Å². The van der Waals surface area contributed by atoms with E-state index in [0.717, 1.165) is 19.3 Å². The van der Waals surface area contributed by atoms with Crippen molar-refractivity contribution in [2.45, 2.75) is 83.2 Å². The van der Waals surface area contributed by atoms with Gasteiger partial charge in [-0.25, -0.2) is 0 Å². The summed E-state index contributed by atoms with van der Waals surface area (Å²) in [4.78, 5) is 12.3. The Morgan fingerprint density at radius 1 is 1.24 bits per heavy atom. The highest BCUT2D eigenvalue weighted by Crippen LogP contribution is 2.38. The molecule has 0 bridgehead atoms. The fraction of sp³-hybridized carbons (Fsp3) is 0.667. The molecule has 0 amide bonds. The number of hydrogen-bond acceptors (Lipinski definition) is 3. The Balaban J connectivity index is 1.79. The van der Waals surface area contributed by atoms with E-state index in [2.05, 4.69) is 46.0 Å². The van der Waals surface area contributed by atoms with Crippen LogP contribution in [0.1, 0.15) is 52.0 Å². The first kappa shape index (κ1) is 20.3. The van der Waals surface area contributed by atoms with Gasteiger partial charge < -0.3 is 9.16 Å². The summed E-state index contributed by atoms with van der Waals surface area (Å²) in [6.45, 7) is 12.1. The third-order valence-corrected chi connectivity index (χ3v) is 10.1. The third kappa shape index (κ3) is 6.35. The molecule has 3 nitrogen and oxygen atoms in total. The van der Waals surface area contributed by atoms with Gasteiger partial charge in [0.2, 0.25) is 0 Å². The average Bonchev–Trinajstić information content (AvgIpc) is 2.53. The number of Topliss-reactive ketones (excluding diaryl/α,β-unsaturated/α-hetero) is 1. The van der Waals surface area contributed by atoms with Crippen molar-refractivity contribution in [2.24, 2.45) is 0 Å². The van der Waals surface area contributed by atoms with Crippen LogP contribution in [0.25, 0.3) is 0 Å². The molecule has 0 N–H and O–H groups in total. The number of ketones is 1. The average molecular weight is 363 g/mol. The van der Waals surface area contributed by atoms with Crippen LogP contribution in [0.15, 0.2) is 30.3 Å². The minimum absolute atomic E-state index is 0.0202. The Bertz CT molecular complexity index is 548. The second-order valence-electron chi connectivity index (χ2n) is 8.75. The van der Waals surface area contributed by atoms with Crippen molar-refractivity contribution in [1.82, 2.24) is 0 Å². The van der Waals surface area contributed by atoms with E-state index in [9.17, 15) is 4.79 Å². The maximum Gasteiger partial charge on any atom is 0.192 e. The minimum atomic E-state index is -1.76. The number of carbonyl (C=O) groups is 1. The molecule has 1 heterocycles. The monoisotopic (exact) mass is 362 g/mol. The predicted molar refractivity (Wildman–Crippen MR) is 105 cm³/mol. The van der Waals surface area contributed by atoms with E-state index in [1.54, 1.807) is 0 Å². The predicted octanol–water partition coefficient (Wildman–Crippen LogP) is 5.15. The molecule has 0 aromatic heterocycles. The fourth-order valence-electron chi connectivity index (χ4n) is 2.97. The lowest BCUT2D eigenvalue weighted by molar-refractivity contribution is -0.124. The van der Waals surface area contributed by atoms with E-state index in [4.69, 9.17) is 9.16 Å². The van der Waals surface area contributed by atoms with E-state index in [1.165, 1.54) is 5.56 Å². The van der Waals surface area contributed by atoms with Crippen LogP contribution in [-0.4, -0.2) is 32.9 Å². The first-order chi connectivity index (χ1) is 11.7. The molecule has 1 saturated heterocycles. The number of carbonyl (C=O) groups excluding carboxylic acids is 1. The molecule has 2 rings (SSSR count). The lowest BCUT2D eigenvalue weighted by Crippen LogP contribution is -2.46. The van der Waals surface area contributed by atoms with Crippen LogP contribution in [0.4, 0.5) is 0 Å². The quantitative estimate of drug-likeness (QED) is 0.629. The Morgan fingerprint density at radius 3 is 2.56 bits per heavy atom. The zero-order chi connectivity index (χ0) is 18.5. The molecular weight excluding hydrogens is 328 g/mol. The number of hydrogen-bond donors (Lipinski definition) is 0. The normalized spacial score (nSPS) is 22.0. The number of benzene rings is 1. The van der Waals surface area contributed by atoms with Gasteiger partial charge in [-0.05, 0) is 43.0 Å². The molecule has 1 aliphatic heterocycles. The van der Waals surface area contributed by atoms with E-state index in [1.807, 2.05) is 18.2 Å². The summed E-state index contributed by atoms with van der Waals surface area (Å²) in [5, 5.41) is 0.215. The number of aryl methyl sites for hydroxylation is 1. The Kier molecular flexibility index (Phi) is 7.00. The summed E-state index contributed by atoms with van der Waals surface area (Å²) in [6, 6.07) is 10.2. The van der Waals surface area contributed by atoms with Crippen LogP contribution in [-0.2, 0) is 20.4 Å². The SMILES string of the molecule is CC(C)(C)[Si](C)(C)O[C@H]1CCO[C@H](CC(=O)CCc2ccccc2)C1. The summed E-state index contributed by atoms with van der Waals surface area (Å²) in [5.74, 6) is 0.293. The Morgan fingerprint density at radius 2 is 1.92 bits per heavy atom. The standard InChI is InChI=1S/C21H34O3Si/c1-21(2,3)25(4,5)24-19-13-14-23-20(16-19)15-18(22)12-11-17-9-7-6-8-10-17/h6-10,19-20H,11-16H2,1-5H3/t19-,20+/m0/s1. The molecule has 140 valence electrons. The van der Waals surface area contributed by atoms with Crippen LogP contribution in [0.2, 0.25) is 18.1 Å². The fourth-order valence-corrected chi connectivity index (χ4v) is 4.37. The molecule has 1 aromatic carbocycles. The lowest BCUT2D eigenvalue weighted by atomic mass is 9.99. The molecule has 0 saturated carbocycles. The number of ether oxygens (including phenoxy) is 1. The van der Waals surface area contributed by atoms with Crippen LogP contribution in [0.5, 0.6) is 0 Å². The van der Waals surface area contributed by atoms with Crippen molar-refractivity contribution >= 4 is 14.1 Å². The van der Waals surface area contributed by atoms with Crippen molar-refractivity contribution in [3.63, 3.8) is 0 Å². The highest BCUT2D eigenvalue weighted by atomic mass is 28.4. The molecule has 0 radical (unpaired) electrons. The Hall–Kier alpha value is -0.973. The van der Waals surface area contributed by atoms with Gasteiger partial charge in [-0.2, -0.15) is 0 Å². The largest absolute Gasteiger partial charge is 0.414 e. The number of rotatable bonds is 7. The van der Waals surface area contributed by atoms with Gasteiger partial charge in [-0.3, -0.25) is 4.79 Å². The van der Waals surface area contributed by atoms with Gasteiger partial charge in [0.05, 0.1) is 6.10 Å². The second-order valence-corrected chi connectivity index (χ2v) is 13.5.